The van der Waals surface area contributed by atoms with Crippen LogP contribution in [0.5, 0.6) is 0 Å². The van der Waals surface area contributed by atoms with Gasteiger partial charge in [-0.15, -0.1) is 0 Å². The van der Waals surface area contributed by atoms with Crippen LogP contribution in [0.1, 0.15) is 51.9 Å². The van der Waals surface area contributed by atoms with Gasteiger partial charge in [0.15, 0.2) is 0 Å². The van der Waals surface area contributed by atoms with E-state index in [-0.39, 0.29) is 24.1 Å². The number of aliphatic hydroxyl groups excluding tert-OH is 1. The predicted molar refractivity (Wildman–Crippen MR) is 83.9 cm³/mol. The fourth-order valence-electron chi connectivity index (χ4n) is 3.80. The number of rotatable bonds is 5. The van der Waals surface area contributed by atoms with Gasteiger partial charge < -0.3 is 21.1 Å². The van der Waals surface area contributed by atoms with Crippen molar-refractivity contribution in [3.05, 3.63) is 0 Å². The molecule has 3 atom stereocenters. The number of amides is 2. The molecule has 0 spiro atoms. The van der Waals surface area contributed by atoms with Crippen molar-refractivity contribution in [2.24, 2.45) is 17.6 Å². The normalized spacial score (nSPS) is 29.3. The van der Waals surface area contributed by atoms with E-state index in [0.29, 0.717) is 13.1 Å². The Bertz CT molecular complexity index is 331. The number of urea groups is 1. The van der Waals surface area contributed by atoms with Gasteiger partial charge in [-0.2, -0.15) is 0 Å². The van der Waals surface area contributed by atoms with Crippen molar-refractivity contribution in [2.75, 3.05) is 19.6 Å². The Morgan fingerprint density at radius 2 is 2.05 bits per heavy atom. The molecule has 5 heteroatoms. The van der Waals surface area contributed by atoms with E-state index in [1.165, 1.54) is 32.1 Å². The third-order valence-corrected chi connectivity index (χ3v) is 5.18. The van der Waals surface area contributed by atoms with Crippen LogP contribution in [-0.4, -0.2) is 47.8 Å². The van der Waals surface area contributed by atoms with E-state index in [4.69, 9.17) is 5.73 Å². The second-order valence-electron chi connectivity index (χ2n) is 6.82. The third-order valence-electron chi connectivity index (χ3n) is 5.18. The average molecular weight is 297 g/mol. The van der Waals surface area contributed by atoms with E-state index in [1.54, 1.807) is 4.90 Å². The molecular weight excluding hydrogens is 266 g/mol. The lowest BCUT2D eigenvalue weighted by atomic mass is 9.86. The van der Waals surface area contributed by atoms with Crippen LogP contribution in [0.4, 0.5) is 4.79 Å². The molecule has 1 aliphatic heterocycles. The van der Waals surface area contributed by atoms with Crippen LogP contribution in [0.25, 0.3) is 0 Å². The molecule has 5 nitrogen and oxygen atoms in total. The van der Waals surface area contributed by atoms with Gasteiger partial charge in [-0.05, 0) is 38.1 Å². The summed E-state index contributed by atoms with van der Waals surface area (Å²) in [6.07, 6.45) is 8.04. The average Bonchev–Trinajstić information content (AvgIpc) is 2.52. The highest BCUT2D eigenvalue weighted by Gasteiger charge is 2.32. The fraction of sp³-hybridized carbons (Fsp3) is 0.938. The first-order valence-electron chi connectivity index (χ1n) is 8.56. The summed E-state index contributed by atoms with van der Waals surface area (Å²) in [5.41, 5.74) is 5.45. The number of nitrogens with zero attached hydrogens (tertiary/aromatic N) is 1. The van der Waals surface area contributed by atoms with Crippen molar-refractivity contribution in [2.45, 2.75) is 64.0 Å². The molecule has 2 rings (SSSR count). The van der Waals surface area contributed by atoms with Crippen LogP contribution in [-0.2, 0) is 0 Å². The smallest absolute Gasteiger partial charge is 0.314 e. The Kier molecular flexibility index (Phi) is 6.30. The van der Waals surface area contributed by atoms with Gasteiger partial charge in [-0.1, -0.05) is 26.2 Å². The third kappa shape index (κ3) is 4.85. The lowest BCUT2D eigenvalue weighted by molar-refractivity contribution is 0.0478. The number of primary amides is 1. The summed E-state index contributed by atoms with van der Waals surface area (Å²) in [6, 6.07) is -0.105. The lowest BCUT2D eigenvalue weighted by Gasteiger charge is -2.39. The van der Waals surface area contributed by atoms with Crippen LogP contribution in [0.3, 0.4) is 0 Å². The van der Waals surface area contributed by atoms with Crippen molar-refractivity contribution in [1.29, 1.82) is 0 Å². The zero-order valence-electron chi connectivity index (χ0n) is 13.3. The van der Waals surface area contributed by atoms with E-state index in [1.807, 2.05) is 6.92 Å². The van der Waals surface area contributed by atoms with Crippen LogP contribution in [0.2, 0.25) is 0 Å². The summed E-state index contributed by atoms with van der Waals surface area (Å²) >= 11 is 0. The highest BCUT2D eigenvalue weighted by molar-refractivity contribution is 5.72. The molecule has 2 fully saturated rings. The maximum absolute atomic E-state index is 11.5. The minimum absolute atomic E-state index is 0.139. The Morgan fingerprint density at radius 1 is 1.33 bits per heavy atom. The van der Waals surface area contributed by atoms with Crippen molar-refractivity contribution in [3.8, 4) is 0 Å². The molecule has 1 saturated carbocycles. The number of piperidine rings is 1. The summed E-state index contributed by atoms with van der Waals surface area (Å²) in [5.74, 6) is 0.914. The number of hydrogen-bond donors (Lipinski definition) is 3. The van der Waals surface area contributed by atoms with Crippen molar-refractivity contribution >= 4 is 6.03 Å². The first-order chi connectivity index (χ1) is 10.1. The molecule has 2 aliphatic rings. The second-order valence-corrected chi connectivity index (χ2v) is 6.82. The topological polar surface area (TPSA) is 78.6 Å². The lowest BCUT2D eigenvalue weighted by Crippen LogP contribution is -2.55. The van der Waals surface area contributed by atoms with E-state index in [9.17, 15) is 9.90 Å². The zero-order chi connectivity index (χ0) is 15.2. The Hall–Kier alpha value is -0.810. The van der Waals surface area contributed by atoms with Gasteiger partial charge in [0.25, 0.3) is 0 Å². The molecule has 0 aromatic rings. The first kappa shape index (κ1) is 16.6. The molecule has 122 valence electrons. The molecule has 1 saturated heterocycles. The molecular formula is C16H31N3O2. The van der Waals surface area contributed by atoms with Gasteiger partial charge in [-0.25, -0.2) is 4.79 Å². The van der Waals surface area contributed by atoms with Crippen molar-refractivity contribution < 1.29 is 9.90 Å². The molecule has 1 aliphatic carbocycles. The van der Waals surface area contributed by atoms with E-state index in [2.05, 4.69) is 5.32 Å². The second kappa shape index (κ2) is 7.99. The van der Waals surface area contributed by atoms with E-state index < -0.39 is 0 Å². The quantitative estimate of drug-likeness (QED) is 0.722. The van der Waals surface area contributed by atoms with Gasteiger partial charge in [0.05, 0.1) is 6.10 Å². The Labute approximate surface area is 128 Å². The standard InChI is InChI=1S/C16H31N3O2/c1-2-15(20)13-8-14(11-19(10-13)16(17)21)18-9-12-6-4-3-5-7-12/h12-15,18,20H,2-11H2,1H3,(H2,17,21). The fourth-order valence-corrected chi connectivity index (χ4v) is 3.80. The maximum Gasteiger partial charge on any atom is 0.314 e. The summed E-state index contributed by atoms with van der Waals surface area (Å²) in [6.45, 7) is 4.28. The van der Waals surface area contributed by atoms with Gasteiger partial charge in [0, 0.05) is 25.0 Å². The van der Waals surface area contributed by atoms with Gasteiger partial charge in [-0.3, -0.25) is 0 Å². The number of hydrogen-bond acceptors (Lipinski definition) is 3. The highest BCUT2D eigenvalue weighted by atomic mass is 16.3. The van der Waals surface area contributed by atoms with Gasteiger partial charge in [0.2, 0.25) is 0 Å². The molecule has 21 heavy (non-hydrogen) atoms. The number of likely N-dealkylation sites (tertiary alicyclic amines) is 1. The molecule has 0 aromatic carbocycles. The van der Waals surface area contributed by atoms with E-state index in [0.717, 1.165) is 25.3 Å². The predicted octanol–water partition coefficient (Wildman–Crippen LogP) is 1.70. The number of aliphatic hydroxyl groups is 1. The number of carbonyl (C=O) groups excluding carboxylic acids is 1. The Morgan fingerprint density at radius 3 is 2.67 bits per heavy atom. The molecule has 0 radical (unpaired) electrons. The highest BCUT2D eigenvalue weighted by Crippen LogP contribution is 2.25. The summed E-state index contributed by atoms with van der Waals surface area (Å²) < 4.78 is 0. The van der Waals surface area contributed by atoms with Gasteiger partial charge >= 0.3 is 6.03 Å². The summed E-state index contributed by atoms with van der Waals surface area (Å²) in [4.78, 5) is 13.2. The van der Waals surface area contributed by atoms with Crippen LogP contribution >= 0.6 is 0 Å². The largest absolute Gasteiger partial charge is 0.393 e. The minimum atomic E-state index is -0.368. The number of nitrogens with one attached hydrogen (secondary N) is 1. The number of carbonyl (C=O) groups is 1. The SMILES string of the molecule is CCC(O)C1CC(NCC2CCCCC2)CN(C(N)=O)C1. The van der Waals surface area contributed by atoms with Crippen LogP contribution in [0.15, 0.2) is 0 Å². The molecule has 0 aromatic heterocycles. The first-order valence-corrected chi connectivity index (χ1v) is 8.56. The molecule has 4 N–H and O–H groups in total. The van der Waals surface area contributed by atoms with Crippen LogP contribution < -0.4 is 11.1 Å². The summed E-state index contributed by atoms with van der Waals surface area (Å²) in [5, 5.41) is 13.7. The monoisotopic (exact) mass is 297 g/mol. The van der Waals surface area contributed by atoms with E-state index >= 15 is 0 Å². The molecule has 3 unspecified atom stereocenters. The van der Waals surface area contributed by atoms with Gasteiger partial charge in [0.1, 0.15) is 0 Å². The number of nitrogens with two attached hydrogens (primary N) is 1. The zero-order valence-corrected chi connectivity index (χ0v) is 13.3. The molecule has 1 heterocycles. The Balaban J connectivity index is 1.85. The van der Waals surface area contributed by atoms with Crippen molar-refractivity contribution in [3.63, 3.8) is 0 Å². The minimum Gasteiger partial charge on any atom is -0.393 e. The van der Waals surface area contributed by atoms with Crippen LogP contribution in [0, 0.1) is 11.8 Å². The van der Waals surface area contributed by atoms with Crippen molar-refractivity contribution in [1.82, 2.24) is 10.2 Å². The summed E-state index contributed by atoms with van der Waals surface area (Å²) in [7, 11) is 0. The molecule has 0 bridgehead atoms. The maximum atomic E-state index is 11.5. The molecule has 2 amide bonds.